The van der Waals surface area contributed by atoms with Crippen LogP contribution in [0.3, 0.4) is 0 Å². The molecule has 6 heteroatoms. The summed E-state index contributed by atoms with van der Waals surface area (Å²) in [6.45, 7) is 1.91. The maximum atomic E-state index is 12.3. The van der Waals surface area contributed by atoms with Crippen LogP contribution in [0.4, 0.5) is 0 Å². The van der Waals surface area contributed by atoms with Gasteiger partial charge in [-0.05, 0) is 49.3 Å². The lowest BCUT2D eigenvalue weighted by atomic mass is 9.89. The number of fused-ring (bicyclic) bond motifs is 1. The van der Waals surface area contributed by atoms with E-state index in [0.29, 0.717) is 0 Å². The molecule has 6 nitrogen and oxygen atoms in total. The van der Waals surface area contributed by atoms with Gasteiger partial charge in [0.25, 0.3) is 0 Å². The number of aryl methyl sites for hydroxylation is 2. The maximum absolute atomic E-state index is 12.3. The molecule has 0 fully saturated rings. The summed E-state index contributed by atoms with van der Waals surface area (Å²) in [7, 11) is 0. The Morgan fingerprint density at radius 1 is 1.28 bits per heavy atom. The molecule has 1 aromatic carbocycles. The van der Waals surface area contributed by atoms with Crippen molar-refractivity contribution in [3.8, 4) is 12.1 Å². The molecule has 0 aliphatic heterocycles. The van der Waals surface area contributed by atoms with Gasteiger partial charge in [-0.3, -0.25) is 4.79 Å². The number of rotatable bonds is 4. The van der Waals surface area contributed by atoms with Crippen LogP contribution in [0.15, 0.2) is 24.5 Å². The van der Waals surface area contributed by atoms with Gasteiger partial charge in [0, 0.05) is 0 Å². The molecule has 1 amide bonds. The number of hydrogen-bond acceptors (Lipinski definition) is 4. The first kappa shape index (κ1) is 16.7. The zero-order valence-corrected chi connectivity index (χ0v) is 14.1. The average molecular weight is 333 g/mol. The van der Waals surface area contributed by atoms with Gasteiger partial charge in [0.2, 0.25) is 5.91 Å². The summed E-state index contributed by atoms with van der Waals surface area (Å²) in [4.78, 5) is 16.1. The molecule has 1 aliphatic carbocycles. The molecule has 126 valence electrons. The fourth-order valence-corrected chi connectivity index (χ4v) is 3.25. The number of nitrogens with one attached hydrogen (secondary N) is 1. The van der Waals surface area contributed by atoms with Crippen molar-refractivity contribution >= 4 is 5.91 Å². The van der Waals surface area contributed by atoms with Crippen LogP contribution < -0.4 is 5.32 Å². The van der Waals surface area contributed by atoms with E-state index in [0.717, 1.165) is 18.4 Å². The molecule has 1 heterocycles. The number of carbonyl (C=O) groups is 1. The molecule has 0 saturated heterocycles. The Hall–Kier alpha value is -3.12. The van der Waals surface area contributed by atoms with Gasteiger partial charge in [0.1, 0.15) is 18.7 Å². The number of nitriles is 2. The van der Waals surface area contributed by atoms with Crippen molar-refractivity contribution in [2.45, 2.75) is 45.2 Å². The summed E-state index contributed by atoms with van der Waals surface area (Å²) < 4.78 is 1.40. The third kappa shape index (κ3) is 3.54. The van der Waals surface area contributed by atoms with E-state index < -0.39 is 0 Å². The second-order valence-corrected chi connectivity index (χ2v) is 6.32. The first-order valence-corrected chi connectivity index (χ1v) is 8.38. The highest BCUT2D eigenvalue weighted by atomic mass is 16.2. The molecule has 2 aromatic rings. The first-order chi connectivity index (χ1) is 12.1. The van der Waals surface area contributed by atoms with E-state index in [9.17, 15) is 4.79 Å². The lowest BCUT2D eigenvalue weighted by Crippen LogP contribution is -2.30. The van der Waals surface area contributed by atoms with E-state index >= 15 is 0 Å². The van der Waals surface area contributed by atoms with Gasteiger partial charge >= 0.3 is 0 Å². The minimum absolute atomic E-state index is 0.0349. The van der Waals surface area contributed by atoms with Crippen molar-refractivity contribution in [3.05, 3.63) is 52.6 Å². The third-order valence-corrected chi connectivity index (χ3v) is 4.61. The van der Waals surface area contributed by atoms with Gasteiger partial charge < -0.3 is 9.88 Å². The molecule has 3 rings (SSSR count). The molecular weight excluding hydrogens is 314 g/mol. The smallest absolute Gasteiger partial charge is 0.240 e. The van der Waals surface area contributed by atoms with E-state index in [1.807, 2.05) is 19.1 Å². The van der Waals surface area contributed by atoms with Crippen LogP contribution in [-0.2, 0) is 24.2 Å². The lowest BCUT2D eigenvalue weighted by Gasteiger charge is -2.20. The number of benzene rings is 1. The highest BCUT2D eigenvalue weighted by molar-refractivity contribution is 5.76. The fraction of sp³-hybridized carbons (Fsp3) is 0.368. The first-order valence-electron chi connectivity index (χ1n) is 8.38. The molecule has 0 spiro atoms. The van der Waals surface area contributed by atoms with Crippen LogP contribution >= 0.6 is 0 Å². The minimum atomic E-state index is -0.219. The molecule has 1 aliphatic rings. The predicted octanol–water partition coefficient (Wildman–Crippen LogP) is 2.38. The Morgan fingerprint density at radius 2 is 2.04 bits per heavy atom. The summed E-state index contributed by atoms with van der Waals surface area (Å²) in [6.07, 6.45) is 6.04. The Balaban J connectivity index is 1.68. The number of carbonyl (C=O) groups excluding carboxylic acids is 1. The quantitative estimate of drug-likeness (QED) is 0.929. The number of aromatic nitrogens is 2. The van der Waals surface area contributed by atoms with Crippen LogP contribution in [0.5, 0.6) is 0 Å². The van der Waals surface area contributed by atoms with Crippen molar-refractivity contribution in [1.29, 1.82) is 10.5 Å². The Labute approximate surface area is 146 Å². The van der Waals surface area contributed by atoms with Gasteiger partial charge in [-0.1, -0.05) is 18.2 Å². The zero-order chi connectivity index (χ0) is 17.8. The standard InChI is InChI=1S/C19H19N5O/c1-13(15-7-6-14-4-2-3-5-16(14)8-15)23-19(25)11-24-12-22-17(9-20)18(24)10-21/h6-8,12-13H,2-5,11H2,1H3,(H,23,25)/t13-/m0/s1. The number of hydrogen-bond donors (Lipinski definition) is 1. The average Bonchev–Trinajstić information content (AvgIpc) is 3.02. The summed E-state index contributed by atoms with van der Waals surface area (Å²) in [5, 5.41) is 21.0. The largest absolute Gasteiger partial charge is 0.348 e. The van der Waals surface area contributed by atoms with Gasteiger partial charge in [0.05, 0.1) is 12.4 Å². The van der Waals surface area contributed by atoms with Crippen molar-refractivity contribution < 1.29 is 4.79 Å². The molecule has 0 unspecified atom stereocenters. The molecule has 1 N–H and O–H groups in total. The van der Waals surface area contributed by atoms with Crippen LogP contribution in [-0.4, -0.2) is 15.5 Å². The highest BCUT2D eigenvalue weighted by Crippen LogP contribution is 2.24. The monoisotopic (exact) mass is 333 g/mol. The molecule has 1 aromatic heterocycles. The number of nitrogens with zero attached hydrogens (tertiary/aromatic N) is 4. The van der Waals surface area contributed by atoms with Gasteiger partial charge in [0.15, 0.2) is 11.4 Å². The molecule has 1 atom stereocenters. The Bertz CT molecular complexity index is 884. The number of imidazole rings is 1. The summed E-state index contributed by atoms with van der Waals surface area (Å²) in [5.41, 5.74) is 4.02. The van der Waals surface area contributed by atoms with Crippen LogP contribution in [0.1, 0.15) is 53.9 Å². The lowest BCUT2D eigenvalue weighted by molar-refractivity contribution is -0.122. The van der Waals surface area contributed by atoms with Crippen LogP contribution in [0, 0.1) is 22.7 Å². The fourth-order valence-electron chi connectivity index (χ4n) is 3.25. The maximum Gasteiger partial charge on any atom is 0.240 e. The van der Waals surface area contributed by atoms with Crippen molar-refractivity contribution in [2.75, 3.05) is 0 Å². The van der Waals surface area contributed by atoms with E-state index in [1.54, 1.807) is 0 Å². The summed E-state index contributed by atoms with van der Waals surface area (Å²) >= 11 is 0. The minimum Gasteiger partial charge on any atom is -0.348 e. The van der Waals surface area contributed by atoms with Crippen molar-refractivity contribution in [1.82, 2.24) is 14.9 Å². The SMILES string of the molecule is C[C@H](NC(=O)Cn1cnc(C#N)c1C#N)c1ccc2c(c1)CCCC2. The third-order valence-electron chi connectivity index (χ3n) is 4.61. The summed E-state index contributed by atoms with van der Waals surface area (Å²) in [6, 6.07) is 10.1. The van der Waals surface area contributed by atoms with Gasteiger partial charge in [-0.25, -0.2) is 4.98 Å². The van der Waals surface area contributed by atoms with Crippen LogP contribution in [0.2, 0.25) is 0 Å². The molecule has 0 bridgehead atoms. The van der Waals surface area contributed by atoms with Gasteiger partial charge in [-0.2, -0.15) is 10.5 Å². The second-order valence-electron chi connectivity index (χ2n) is 6.32. The highest BCUT2D eigenvalue weighted by Gasteiger charge is 2.16. The Kier molecular flexibility index (Phi) is 4.81. The van der Waals surface area contributed by atoms with Crippen molar-refractivity contribution in [2.24, 2.45) is 0 Å². The van der Waals surface area contributed by atoms with Crippen LogP contribution in [0.25, 0.3) is 0 Å². The van der Waals surface area contributed by atoms with Crippen molar-refractivity contribution in [3.63, 3.8) is 0 Å². The predicted molar refractivity (Wildman–Crippen MR) is 91.3 cm³/mol. The van der Waals surface area contributed by atoms with E-state index in [-0.39, 0.29) is 29.9 Å². The topological polar surface area (TPSA) is 94.5 Å². The normalized spacial score (nSPS) is 14.0. The van der Waals surface area contributed by atoms with E-state index in [1.165, 1.54) is 34.9 Å². The number of amides is 1. The molecule has 0 radical (unpaired) electrons. The second kappa shape index (κ2) is 7.19. The van der Waals surface area contributed by atoms with E-state index in [2.05, 4.69) is 28.5 Å². The molecule has 25 heavy (non-hydrogen) atoms. The van der Waals surface area contributed by atoms with E-state index in [4.69, 9.17) is 10.5 Å². The molecular formula is C19H19N5O. The zero-order valence-electron chi connectivity index (χ0n) is 14.1. The molecule has 0 saturated carbocycles. The summed E-state index contributed by atoms with van der Waals surface area (Å²) in [5.74, 6) is -0.219. The Morgan fingerprint density at radius 3 is 2.76 bits per heavy atom. The van der Waals surface area contributed by atoms with Gasteiger partial charge in [-0.15, -0.1) is 0 Å².